The van der Waals surface area contributed by atoms with E-state index in [2.05, 4.69) is 10.1 Å². The van der Waals surface area contributed by atoms with Crippen LogP contribution in [0, 0.1) is 0 Å². The number of hydrogen-bond acceptors (Lipinski definition) is 3. The summed E-state index contributed by atoms with van der Waals surface area (Å²) in [4.78, 5) is 12.6. The summed E-state index contributed by atoms with van der Waals surface area (Å²) in [6, 6.07) is 18.4. The van der Waals surface area contributed by atoms with Gasteiger partial charge in [0.05, 0.1) is 0 Å². The third-order valence-electron chi connectivity index (χ3n) is 3.52. The monoisotopic (exact) mass is 371 g/mol. The predicted octanol–water partition coefficient (Wildman–Crippen LogP) is 5.77. The highest BCUT2D eigenvalue weighted by Crippen LogP contribution is 2.28. The number of ether oxygens (including phenoxy) is 1. The molecule has 0 saturated carbocycles. The number of anilines is 1. The molecule has 0 aliphatic heterocycles. The average Bonchev–Trinajstić information content (AvgIpc) is 3.09. The lowest BCUT2D eigenvalue weighted by molar-refractivity contribution is -0.0498. The van der Waals surface area contributed by atoms with Gasteiger partial charge in [0, 0.05) is 5.69 Å². The molecule has 132 valence electrons. The van der Waals surface area contributed by atoms with Crippen molar-refractivity contribution in [2.24, 2.45) is 0 Å². The zero-order valence-electron chi connectivity index (χ0n) is 13.6. The summed E-state index contributed by atoms with van der Waals surface area (Å²) in [5.74, 6) is -0.615. The van der Waals surface area contributed by atoms with Gasteiger partial charge in [0.2, 0.25) is 0 Å². The van der Waals surface area contributed by atoms with Crippen molar-refractivity contribution in [1.29, 1.82) is 0 Å². The number of amides is 1. The van der Waals surface area contributed by atoms with Gasteiger partial charge in [-0.3, -0.25) is 4.79 Å². The van der Waals surface area contributed by atoms with Crippen LogP contribution >= 0.6 is 11.3 Å². The molecule has 26 heavy (non-hydrogen) atoms. The summed E-state index contributed by atoms with van der Waals surface area (Å²) >= 11 is 1.05. The van der Waals surface area contributed by atoms with Crippen molar-refractivity contribution >= 4 is 35.1 Å². The van der Waals surface area contributed by atoms with Gasteiger partial charge in [0.1, 0.15) is 10.6 Å². The van der Waals surface area contributed by atoms with Crippen LogP contribution in [0.5, 0.6) is 5.75 Å². The highest BCUT2D eigenvalue weighted by molar-refractivity contribution is 7.12. The molecule has 0 aliphatic carbocycles. The van der Waals surface area contributed by atoms with Crippen molar-refractivity contribution in [1.82, 2.24) is 0 Å². The molecule has 3 nitrogen and oxygen atoms in total. The normalized spacial score (nSPS) is 11.0. The van der Waals surface area contributed by atoms with E-state index >= 15 is 0 Å². The minimum absolute atomic E-state index is 0.104. The Balaban J connectivity index is 1.79. The van der Waals surface area contributed by atoms with Gasteiger partial charge >= 0.3 is 6.61 Å². The van der Waals surface area contributed by atoms with Gasteiger partial charge < -0.3 is 10.1 Å². The largest absolute Gasteiger partial charge is 0.433 e. The Kier molecular flexibility index (Phi) is 5.76. The molecule has 0 fully saturated rings. The van der Waals surface area contributed by atoms with E-state index in [9.17, 15) is 13.6 Å². The van der Waals surface area contributed by atoms with E-state index in [1.54, 1.807) is 12.1 Å². The molecule has 2 aromatic carbocycles. The molecule has 0 aliphatic rings. The van der Waals surface area contributed by atoms with Gasteiger partial charge in [0.15, 0.2) is 0 Å². The number of benzene rings is 2. The van der Waals surface area contributed by atoms with Gasteiger partial charge in [-0.1, -0.05) is 60.7 Å². The van der Waals surface area contributed by atoms with Crippen LogP contribution < -0.4 is 10.1 Å². The molecule has 3 aromatic rings. The number of thiophene rings is 1. The second-order valence-corrected chi connectivity index (χ2v) is 6.19. The highest BCUT2D eigenvalue weighted by atomic mass is 32.1. The third kappa shape index (κ3) is 4.55. The Bertz CT molecular complexity index is 907. The number of halogens is 2. The first-order valence-corrected chi connectivity index (χ1v) is 8.67. The first-order chi connectivity index (χ1) is 12.6. The summed E-state index contributed by atoms with van der Waals surface area (Å²) in [6.45, 7) is -2.97. The van der Waals surface area contributed by atoms with Crippen LogP contribution in [0.2, 0.25) is 0 Å². The minimum Gasteiger partial charge on any atom is -0.433 e. The number of nitrogens with one attached hydrogen (secondary N) is 1. The standard InChI is InChI=1S/C20H15F2NO2S/c21-20(22)25-17-12-13-26-18(17)19(24)23-16-9-5-4-8-15(16)11-10-14-6-2-1-3-7-14/h1-13,20H,(H,23,24)/b11-10-. The molecule has 0 radical (unpaired) electrons. The zero-order valence-corrected chi connectivity index (χ0v) is 14.4. The predicted molar refractivity (Wildman–Crippen MR) is 101 cm³/mol. The Morgan fingerprint density at radius 2 is 1.73 bits per heavy atom. The molecule has 0 unspecified atom stereocenters. The molecule has 6 heteroatoms. The number of rotatable bonds is 6. The summed E-state index contributed by atoms with van der Waals surface area (Å²) < 4.78 is 29.3. The van der Waals surface area contributed by atoms with Gasteiger partial charge in [0.25, 0.3) is 5.91 Å². The zero-order chi connectivity index (χ0) is 18.4. The average molecular weight is 371 g/mol. The summed E-state index contributed by atoms with van der Waals surface area (Å²) in [7, 11) is 0. The molecule has 0 atom stereocenters. The van der Waals surface area contributed by atoms with E-state index in [0.29, 0.717) is 5.69 Å². The number of alkyl halides is 2. The van der Waals surface area contributed by atoms with E-state index in [1.807, 2.05) is 54.6 Å². The maximum absolute atomic E-state index is 12.5. The van der Waals surface area contributed by atoms with Crippen LogP contribution in [0.15, 0.2) is 66.0 Å². The lowest BCUT2D eigenvalue weighted by Crippen LogP contribution is -2.13. The first kappa shape index (κ1) is 17.8. The molecule has 0 saturated heterocycles. The lowest BCUT2D eigenvalue weighted by atomic mass is 10.1. The van der Waals surface area contributed by atoms with Crippen LogP contribution in [-0.4, -0.2) is 12.5 Å². The minimum atomic E-state index is -2.97. The molecule has 1 heterocycles. The second-order valence-electron chi connectivity index (χ2n) is 5.28. The van der Waals surface area contributed by atoms with E-state index in [1.165, 1.54) is 11.4 Å². The Morgan fingerprint density at radius 1 is 1.00 bits per heavy atom. The fraction of sp³-hybridized carbons (Fsp3) is 0.0500. The summed E-state index contributed by atoms with van der Waals surface area (Å²) in [5, 5.41) is 4.29. The second kappa shape index (κ2) is 8.40. The number of carbonyl (C=O) groups is 1. The van der Waals surface area contributed by atoms with Crippen LogP contribution in [0.4, 0.5) is 14.5 Å². The molecule has 1 amide bonds. The van der Waals surface area contributed by atoms with E-state index in [4.69, 9.17) is 0 Å². The van der Waals surface area contributed by atoms with Gasteiger partial charge in [-0.05, 0) is 28.6 Å². The molecule has 1 N–H and O–H groups in total. The van der Waals surface area contributed by atoms with Crippen molar-refractivity contribution in [2.45, 2.75) is 6.61 Å². The van der Waals surface area contributed by atoms with Crippen LogP contribution in [0.1, 0.15) is 20.8 Å². The maximum atomic E-state index is 12.5. The Morgan fingerprint density at radius 3 is 2.50 bits per heavy atom. The molecular weight excluding hydrogens is 356 g/mol. The molecule has 0 spiro atoms. The molecular formula is C20H15F2NO2S. The van der Waals surface area contributed by atoms with Gasteiger partial charge in [-0.15, -0.1) is 11.3 Å². The van der Waals surface area contributed by atoms with E-state index < -0.39 is 12.5 Å². The van der Waals surface area contributed by atoms with Crippen molar-refractivity contribution in [2.75, 3.05) is 5.32 Å². The van der Waals surface area contributed by atoms with Crippen LogP contribution in [-0.2, 0) is 0 Å². The maximum Gasteiger partial charge on any atom is 0.387 e. The SMILES string of the molecule is O=C(Nc1ccccc1/C=C\c1ccccc1)c1sccc1OC(F)F. The van der Waals surface area contributed by atoms with Gasteiger partial charge in [-0.25, -0.2) is 0 Å². The third-order valence-corrected chi connectivity index (χ3v) is 4.41. The molecule has 0 bridgehead atoms. The van der Waals surface area contributed by atoms with Crippen molar-refractivity contribution in [3.05, 3.63) is 82.0 Å². The van der Waals surface area contributed by atoms with E-state index in [-0.39, 0.29) is 10.6 Å². The number of carbonyl (C=O) groups excluding carboxylic acids is 1. The van der Waals surface area contributed by atoms with Crippen LogP contribution in [0.3, 0.4) is 0 Å². The van der Waals surface area contributed by atoms with Crippen molar-refractivity contribution in [3.8, 4) is 5.75 Å². The number of para-hydroxylation sites is 1. The van der Waals surface area contributed by atoms with Crippen molar-refractivity contribution < 1.29 is 18.3 Å². The smallest absolute Gasteiger partial charge is 0.387 e. The number of hydrogen-bond donors (Lipinski definition) is 1. The quantitative estimate of drug-likeness (QED) is 0.559. The van der Waals surface area contributed by atoms with Crippen LogP contribution in [0.25, 0.3) is 12.2 Å². The van der Waals surface area contributed by atoms with Gasteiger partial charge in [-0.2, -0.15) is 8.78 Å². The molecule has 3 rings (SSSR count). The first-order valence-electron chi connectivity index (χ1n) is 7.79. The Labute approximate surface area is 153 Å². The fourth-order valence-electron chi connectivity index (χ4n) is 2.34. The molecule has 1 aromatic heterocycles. The highest BCUT2D eigenvalue weighted by Gasteiger charge is 2.18. The summed E-state index contributed by atoms with van der Waals surface area (Å²) in [6.07, 6.45) is 3.82. The topological polar surface area (TPSA) is 38.3 Å². The Hall–Kier alpha value is -2.99. The van der Waals surface area contributed by atoms with E-state index in [0.717, 1.165) is 22.5 Å². The fourth-order valence-corrected chi connectivity index (χ4v) is 3.06. The summed E-state index contributed by atoms with van der Waals surface area (Å²) in [5.41, 5.74) is 2.41. The lowest BCUT2D eigenvalue weighted by Gasteiger charge is -2.09. The van der Waals surface area contributed by atoms with Crippen molar-refractivity contribution in [3.63, 3.8) is 0 Å².